The molecule has 0 aliphatic carbocycles. The number of hydrogen-bond donors (Lipinski definition) is 3. The van der Waals surface area contributed by atoms with Crippen LogP contribution in [-0.2, 0) is 4.74 Å². The van der Waals surface area contributed by atoms with Gasteiger partial charge in [-0.1, -0.05) is 0 Å². The molecule has 3 rings (SSSR count). The molecular formula is C20H28N8O4. The number of nitrogens with zero attached hydrogens (tertiary/aromatic N) is 5. The van der Waals surface area contributed by atoms with E-state index in [-0.39, 0.29) is 35.6 Å². The fourth-order valence-electron chi connectivity index (χ4n) is 3.19. The minimum Gasteiger partial charge on any atom is -0.365 e. The van der Waals surface area contributed by atoms with Crippen molar-refractivity contribution < 1.29 is 14.5 Å². The summed E-state index contributed by atoms with van der Waals surface area (Å²) >= 11 is 0. The van der Waals surface area contributed by atoms with Crippen molar-refractivity contribution in [1.82, 2.24) is 25.3 Å². The Morgan fingerprint density at radius 1 is 1.28 bits per heavy atom. The maximum absolute atomic E-state index is 12.6. The van der Waals surface area contributed by atoms with Crippen LogP contribution in [0.2, 0.25) is 0 Å². The number of nitrogens with one attached hydrogen (secondary N) is 3. The molecule has 0 spiro atoms. The fraction of sp³-hybridized carbons (Fsp3) is 0.450. The minimum absolute atomic E-state index is 0.0336. The molecule has 3 N–H and O–H groups in total. The summed E-state index contributed by atoms with van der Waals surface area (Å²) in [5.74, 6) is 0.130. The molecule has 1 aliphatic heterocycles. The maximum atomic E-state index is 12.6. The van der Waals surface area contributed by atoms with Crippen LogP contribution in [0, 0.1) is 10.1 Å². The lowest BCUT2D eigenvalue weighted by Crippen LogP contribution is -2.57. The number of hydrogen-bond acceptors (Lipinski definition) is 10. The van der Waals surface area contributed by atoms with Crippen LogP contribution in [0.15, 0.2) is 30.5 Å². The van der Waals surface area contributed by atoms with Gasteiger partial charge in [-0.15, -0.1) is 0 Å². The van der Waals surface area contributed by atoms with E-state index in [1.165, 1.54) is 0 Å². The molecule has 1 aliphatic rings. The van der Waals surface area contributed by atoms with E-state index in [1.54, 1.807) is 31.4 Å². The van der Waals surface area contributed by atoms with Crippen molar-refractivity contribution in [2.45, 2.75) is 26.1 Å². The second-order valence-electron chi connectivity index (χ2n) is 7.74. The number of ether oxygens (including phenoxy) is 1. The third kappa shape index (κ3) is 5.87. The summed E-state index contributed by atoms with van der Waals surface area (Å²) in [5.41, 5.74) is 3.84. The quantitative estimate of drug-likeness (QED) is 0.408. The van der Waals surface area contributed by atoms with Gasteiger partial charge in [-0.25, -0.2) is 9.99 Å². The molecule has 1 fully saturated rings. The van der Waals surface area contributed by atoms with E-state index in [9.17, 15) is 14.9 Å². The van der Waals surface area contributed by atoms with Crippen LogP contribution in [0.25, 0.3) is 0 Å². The largest absolute Gasteiger partial charge is 0.365 e. The number of rotatable bonds is 8. The highest BCUT2D eigenvalue weighted by atomic mass is 16.6. The second-order valence-corrected chi connectivity index (χ2v) is 7.74. The number of hydrazine groups is 1. The monoisotopic (exact) mass is 444 g/mol. The molecule has 172 valence electrons. The predicted octanol–water partition coefficient (Wildman–Crippen LogP) is 1.81. The Kier molecular flexibility index (Phi) is 7.51. The first-order valence-electron chi connectivity index (χ1n) is 10.2. The first kappa shape index (κ1) is 23.3. The summed E-state index contributed by atoms with van der Waals surface area (Å²) in [5, 5.41) is 19.0. The average Bonchev–Trinajstić information content (AvgIpc) is 2.75. The van der Waals surface area contributed by atoms with Crippen molar-refractivity contribution in [3.63, 3.8) is 0 Å². The van der Waals surface area contributed by atoms with Gasteiger partial charge < -0.3 is 15.4 Å². The zero-order chi connectivity index (χ0) is 23.3. The van der Waals surface area contributed by atoms with Crippen molar-refractivity contribution in [2.24, 2.45) is 0 Å². The van der Waals surface area contributed by atoms with Gasteiger partial charge in [0.15, 0.2) is 0 Å². The van der Waals surface area contributed by atoms with E-state index in [0.717, 1.165) is 12.7 Å². The Hall–Kier alpha value is -3.35. The lowest BCUT2D eigenvalue weighted by atomic mass is 10.2. The molecule has 1 atom stereocenters. The molecule has 2 heterocycles. The van der Waals surface area contributed by atoms with Crippen LogP contribution >= 0.6 is 0 Å². The molecule has 1 aromatic carbocycles. The second kappa shape index (κ2) is 10.3. The number of aromatic nitrogens is 2. The van der Waals surface area contributed by atoms with Gasteiger partial charge in [-0.3, -0.25) is 25.2 Å². The Bertz CT molecular complexity index is 953. The summed E-state index contributed by atoms with van der Waals surface area (Å²) in [4.78, 5) is 33.5. The van der Waals surface area contributed by atoms with Gasteiger partial charge >= 0.3 is 5.69 Å². The number of benzene rings is 1. The van der Waals surface area contributed by atoms with Gasteiger partial charge in [-0.2, -0.15) is 4.98 Å². The number of carbonyl (C=O) groups excluding carboxylic acids is 1. The SMILES string of the molecule is COC1CN(NC(=O)c2ccc(Nc3ncc([N+](=O)[O-])c(NC(C)C)n3)cc2)CCN1C. The molecule has 12 nitrogen and oxygen atoms in total. The molecular weight excluding hydrogens is 416 g/mol. The summed E-state index contributed by atoms with van der Waals surface area (Å²) < 4.78 is 5.41. The van der Waals surface area contributed by atoms with Crippen LogP contribution in [0.5, 0.6) is 0 Å². The number of carbonyl (C=O) groups is 1. The zero-order valence-electron chi connectivity index (χ0n) is 18.5. The smallest absolute Gasteiger partial charge is 0.329 e. The third-order valence-corrected chi connectivity index (χ3v) is 4.92. The van der Waals surface area contributed by atoms with Crippen molar-refractivity contribution in [3.05, 3.63) is 46.1 Å². The van der Waals surface area contributed by atoms with Crippen molar-refractivity contribution in [3.8, 4) is 0 Å². The Morgan fingerprint density at radius 2 is 2.00 bits per heavy atom. The molecule has 32 heavy (non-hydrogen) atoms. The number of nitro groups is 1. The van der Waals surface area contributed by atoms with E-state index in [0.29, 0.717) is 24.3 Å². The number of methoxy groups -OCH3 is 1. The Morgan fingerprint density at radius 3 is 2.62 bits per heavy atom. The van der Waals surface area contributed by atoms with Gasteiger partial charge in [0.05, 0.1) is 11.5 Å². The molecule has 0 radical (unpaired) electrons. The number of piperazine rings is 1. The topological polar surface area (TPSA) is 138 Å². The minimum atomic E-state index is -0.531. The van der Waals surface area contributed by atoms with E-state index in [1.807, 2.05) is 25.9 Å². The normalized spacial score (nSPS) is 17.2. The molecule has 1 aromatic heterocycles. The van der Waals surface area contributed by atoms with Gasteiger partial charge in [0.25, 0.3) is 5.91 Å². The van der Waals surface area contributed by atoms with Crippen molar-refractivity contribution in [1.29, 1.82) is 0 Å². The number of likely N-dealkylation sites (N-methyl/N-ethyl adjacent to an activating group) is 1. The first-order valence-corrected chi connectivity index (χ1v) is 10.2. The standard InChI is InChI=1S/C20H28N8O4/c1-13(2)22-18-16(28(30)31)11-21-20(24-18)23-15-7-5-14(6-8-15)19(29)25-27-10-9-26(3)17(12-27)32-4/h5-8,11,13,17H,9-10,12H2,1-4H3,(H,25,29)(H2,21,22,23,24). The lowest BCUT2D eigenvalue weighted by Gasteiger charge is -2.38. The summed E-state index contributed by atoms with van der Waals surface area (Å²) in [7, 11) is 3.63. The van der Waals surface area contributed by atoms with Crippen LogP contribution in [0.4, 0.5) is 23.1 Å². The van der Waals surface area contributed by atoms with Crippen molar-refractivity contribution in [2.75, 3.05) is 44.4 Å². The lowest BCUT2D eigenvalue weighted by molar-refractivity contribution is -0.384. The van der Waals surface area contributed by atoms with Crippen LogP contribution in [0.3, 0.4) is 0 Å². The number of amides is 1. The van der Waals surface area contributed by atoms with Gasteiger partial charge in [0.2, 0.25) is 11.8 Å². The molecule has 2 aromatic rings. The average molecular weight is 444 g/mol. The van der Waals surface area contributed by atoms with Gasteiger partial charge in [0, 0.05) is 37.5 Å². The molecule has 1 saturated heterocycles. The summed E-state index contributed by atoms with van der Waals surface area (Å²) in [6, 6.07) is 6.77. The van der Waals surface area contributed by atoms with Crippen molar-refractivity contribution >= 4 is 29.0 Å². The summed E-state index contributed by atoms with van der Waals surface area (Å²) in [6.45, 7) is 5.78. The first-order chi connectivity index (χ1) is 15.3. The highest BCUT2D eigenvalue weighted by Crippen LogP contribution is 2.24. The van der Waals surface area contributed by atoms with Crippen LogP contribution in [0.1, 0.15) is 24.2 Å². The molecule has 0 bridgehead atoms. The third-order valence-electron chi connectivity index (χ3n) is 4.92. The molecule has 1 unspecified atom stereocenters. The molecule has 1 amide bonds. The molecule has 12 heteroatoms. The van der Waals surface area contributed by atoms with E-state index < -0.39 is 4.92 Å². The zero-order valence-corrected chi connectivity index (χ0v) is 18.5. The van der Waals surface area contributed by atoms with E-state index in [2.05, 4.69) is 30.9 Å². The molecule has 0 saturated carbocycles. The van der Waals surface area contributed by atoms with Crippen LogP contribution in [-0.4, -0.2) is 76.8 Å². The number of anilines is 3. The van der Waals surface area contributed by atoms with Crippen LogP contribution < -0.4 is 16.1 Å². The van der Waals surface area contributed by atoms with Gasteiger partial charge in [-0.05, 0) is 45.2 Å². The van der Waals surface area contributed by atoms with E-state index in [4.69, 9.17) is 4.74 Å². The predicted molar refractivity (Wildman–Crippen MR) is 120 cm³/mol. The fourth-order valence-corrected chi connectivity index (χ4v) is 3.19. The Labute approximate surface area is 186 Å². The Balaban J connectivity index is 1.64. The maximum Gasteiger partial charge on any atom is 0.329 e. The highest BCUT2D eigenvalue weighted by molar-refractivity contribution is 5.94. The summed E-state index contributed by atoms with van der Waals surface area (Å²) in [6.07, 6.45) is 1.08. The highest BCUT2D eigenvalue weighted by Gasteiger charge is 2.25. The van der Waals surface area contributed by atoms with Gasteiger partial charge in [0.1, 0.15) is 12.4 Å². The van der Waals surface area contributed by atoms with E-state index >= 15 is 0 Å².